The van der Waals surface area contributed by atoms with Crippen molar-refractivity contribution in [3.05, 3.63) is 0 Å². The van der Waals surface area contributed by atoms with E-state index in [2.05, 4.69) is 5.32 Å². The molecule has 0 bridgehead atoms. The number of hydrogen-bond donors (Lipinski definition) is 2. The van der Waals surface area contributed by atoms with Gasteiger partial charge < -0.3 is 15.3 Å². The van der Waals surface area contributed by atoms with E-state index in [0.29, 0.717) is 19.4 Å². The molecule has 1 aliphatic rings. The van der Waals surface area contributed by atoms with Crippen LogP contribution in [0.3, 0.4) is 0 Å². The molecule has 1 atom stereocenters. The molecule has 0 aromatic rings. The van der Waals surface area contributed by atoms with Gasteiger partial charge in [0.05, 0.1) is 0 Å². The maximum absolute atomic E-state index is 11.5. The van der Waals surface area contributed by atoms with Gasteiger partial charge in [-0.15, -0.1) is 0 Å². The number of nitrogens with one attached hydrogen (secondary N) is 1. The van der Waals surface area contributed by atoms with Gasteiger partial charge in [-0.25, -0.2) is 0 Å². The highest BCUT2D eigenvalue weighted by Crippen LogP contribution is 2.16. The maximum Gasteiger partial charge on any atom is 0.281 e. The molecule has 1 fully saturated rings. The predicted octanol–water partition coefficient (Wildman–Crippen LogP) is 0.432. The van der Waals surface area contributed by atoms with Crippen LogP contribution in [-0.4, -0.2) is 52.6 Å². The van der Waals surface area contributed by atoms with E-state index in [-0.39, 0.29) is 23.8 Å². The fraction of sp³-hybridized carbons (Fsp3) is 0.800. The van der Waals surface area contributed by atoms with Gasteiger partial charge in [0.2, 0.25) is 5.91 Å². The zero-order valence-corrected chi connectivity index (χ0v) is 10.3. The third kappa shape index (κ3) is 4.40. The van der Waals surface area contributed by atoms with Gasteiger partial charge in [0.25, 0.3) is 5.24 Å². The second-order valence-corrected chi connectivity index (χ2v) is 4.88. The number of carbonyl (C=O) groups is 2. The summed E-state index contributed by atoms with van der Waals surface area (Å²) in [7, 11) is 0. The van der Waals surface area contributed by atoms with Crippen molar-refractivity contribution in [2.24, 2.45) is 0 Å². The average molecular weight is 246 g/mol. The highest BCUT2D eigenvalue weighted by molar-refractivity contribution is 8.13. The lowest BCUT2D eigenvalue weighted by Gasteiger charge is -2.16. The fourth-order valence-corrected chi connectivity index (χ4v) is 2.33. The molecule has 1 unspecified atom stereocenters. The number of thioether (sulfide) groups is 1. The van der Waals surface area contributed by atoms with Crippen LogP contribution >= 0.6 is 11.8 Å². The largest absolute Gasteiger partial charge is 0.396 e. The zero-order chi connectivity index (χ0) is 12.0. The first kappa shape index (κ1) is 13.3. The molecule has 6 heteroatoms. The summed E-state index contributed by atoms with van der Waals surface area (Å²) < 4.78 is 0. The van der Waals surface area contributed by atoms with E-state index >= 15 is 0 Å². The number of aliphatic hydroxyl groups is 1. The normalized spacial score (nSPS) is 17.6. The summed E-state index contributed by atoms with van der Waals surface area (Å²) in [5.41, 5.74) is 0. The summed E-state index contributed by atoms with van der Waals surface area (Å²) >= 11 is 1.30. The van der Waals surface area contributed by atoms with Crippen LogP contribution in [0.1, 0.15) is 19.8 Å². The van der Waals surface area contributed by atoms with Gasteiger partial charge in [0.15, 0.2) is 0 Å². The van der Waals surface area contributed by atoms with Crippen LogP contribution in [0.5, 0.6) is 0 Å². The molecular formula is C10H18N2O3S. The molecule has 0 aromatic carbocycles. The van der Waals surface area contributed by atoms with Gasteiger partial charge in [-0.3, -0.25) is 9.59 Å². The molecule has 1 saturated heterocycles. The summed E-state index contributed by atoms with van der Waals surface area (Å²) in [5.74, 6) is 0.757. The number of amides is 2. The molecule has 92 valence electrons. The van der Waals surface area contributed by atoms with Crippen LogP contribution in [0, 0.1) is 0 Å². The molecular weight excluding hydrogens is 228 g/mol. The van der Waals surface area contributed by atoms with Crippen molar-refractivity contribution < 1.29 is 14.7 Å². The van der Waals surface area contributed by atoms with E-state index in [9.17, 15) is 9.59 Å². The van der Waals surface area contributed by atoms with Crippen LogP contribution in [0.15, 0.2) is 0 Å². The Morgan fingerprint density at radius 3 is 3.00 bits per heavy atom. The van der Waals surface area contributed by atoms with Crippen LogP contribution in [0.25, 0.3) is 0 Å². The Labute approximate surface area is 99.6 Å². The van der Waals surface area contributed by atoms with Crippen molar-refractivity contribution in [1.82, 2.24) is 10.2 Å². The first-order valence-corrected chi connectivity index (χ1v) is 6.44. The average Bonchev–Trinajstić information content (AvgIpc) is 2.61. The summed E-state index contributed by atoms with van der Waals surface area (Å²) in [5, 5.41) is 11.5. The van der Waals surface area contributed by atoms with E-state index in [0.717, 1.165) is 12.3 Å². The van der Waals surface area contributed by atoms with E-state index in [1.54, 1.807) is 4.90 Å². The van der Waals surface area contributed by atoms with Crippen molar-refractivity contribution in [1.29, 1.82) is 0 Å². The number of hydrogen-bond acceptors (Lipinski definition) is 4. The summed E-state index contributed by atoms with van der Waals surface area (Å²) in [6.45, 7) is 3.15. The Morgan fingerprint density at radius 1 is 1.69 bits per heavy atom. The van der Waals surface area contributed by atoms with Crippen molar-refractivity contribution >= 4 is 22.9 Å². The van der Waals surface area contributed by atoms with Crippen LogP contribution in [0.4, 0.5) is 4.79 Å². The lowest BCUT2D eigenvalue weighted by molar-refractivity contribution is -0.121. The molecule has 2 N–H and O–H groups in total. The van der Waals surface area contributed by atoms with Gasteiger partial charge in [0.1, 0.15) is 0 Å². The fourth-order valence-electron chi connectivity index (χ4n) is 1.48. The van der Waals surface area contributed by atoms with Gasteiger partial charge >= 0.3 is 0 Å². The minimum absolute atomic E-state index is 0.0128. The van der Waals surface area contributed by atoms with Crippen molar-refractivity contribution in [3.63, 3.8) is 0 Å². The molecule has 16 heavy (non-hydrogen) atoms. The smallest absolute Gasteiger partial charge is 0.281 e. The van der Waals surface area contributed by atoms with Crippen LogP contribution < -0.4 is 5.32 Å². The van der Waals surface area contributed by atoms with Crippen LogP contribution in [0.2, 0.25) is 0 Å². The number of carbonyl (C=O) groups excluding carboxylic acids is 2. The number of rotatable bonds is 6. The zero-order valence-electron chi connectivity index (χ0n) is 9.44. The second kappa shape index (κ2) is 6.75. The third-order valence-electron chi connectivity index (χ3n) is 2.42. The molecule has 2 amide bonds. The van der Waals surface area contributed by atoms with Crippen molar-refractivity contribution in [2.45, 2.75) is 25.8 Å². The second-order valence-electron chi connectivity index (χ2n) is 3.83. The van der Waals surface area contributed by atoms with E-state index in [1.807, 2.05) is 6.92 Å². The van der Waals surface area contributed by atoms with Gasteiger partial charge in [0, 0.05) is 37.9 Å². The molecule has 0 aliphatic carbocycles. The molecule has 0 spiro atoms. The molecule has 0 radical (unpaired) electrons. The Bertz CT molecular complexity index is 260. The monoisotopic (exact) mass is 246 g/mol. The lowest BCUT2D eigenvalue weighted by atomic mass is 10.2. The predicted molar refractivity (Wildman–Crippen MR) is 63.4 cm³/mol. The Balaban J connectivity index is 2.17. The Morgan fingerprint density at radius 2 is 2.44 bits per heavy atom. The Hall–Kier alpha value is -0.750. The number of aliphatic hydroxyl groups excluding tert-OH is 1. The van der Waals surface area contributed by atoms with Crippen molar-refractivity contribution in [2.75, 3.05) is 25.4 Å². The summed E-state index contributed by atoms with van der Waals surface area (Å²) in [6.07, 6.45) is 0.895. The lowest BCUT2D eigenvalue weighted by Crippen LogP contribution is -2.36. The van der Waals surface area contributed by atoms with Gasteiger partial charge in [-0.05, 0) is 13.3 Å². The first-order chi connectivity index (χ1) is 7.63. The Kier molecular flexibility index (Phi) is 5.62. The minimum Gasteiger partial charge on any atom is -0.396 e. The number of nitrogens with zero attached hydrogens (tertiary/aromatic N) is 1. The molecule has 5 nitrogen and oxygen atoms in total. The quantitative estimate of drug-likeness (QED) is 0.713. The minimum atomic E-state index is -0.0642. The maximum atomic E-state index is 11.5. The van der Waals surface area contributed by atoms with Crippen molar-refractivity contribution in [3.8, 4) is 0 Å². The standard InChI is InChI=1S/C10H18N2O3S/c1-8(3-6-13)11-9(14)2-4-12-5-7-16-10(12)15/h8,13H,2-7H2,1H3,(H,11,14). The van der Waals surface area contributed by atoms with E-state index < -0.39 is 0 Å². The summed E-state index contributed by atoms with van der Waals surface area (Å²) in [4.78, 5) is 24.4. The van der Waals surface area contributed by atoms with E-state index in [4.69, 9.17) is 5.11 Å². The van der Waals surface area contributed by atoms with Crippen LogP contribution in [-0.2, 0) is 4.79 Å². The van der Waals surface area contributed by atoms with E-state index in [1.165, 1.54) is 11.8 Å². The first-order valence-electron chi connectivity index (χ1n) is 5.45. The molecule has 1 heterocycles. The molecule has 0 aromatic heterocycles. The SMILES string of the molecule is CC(CCO)NC(=O)CCN1CCSC1=O. The highest BCUT2D eigenvalue weighted by Gasteiger charge is 2.21. The molecule has 0 saturated carbocycles. The third-order valence-corrected chi connectivity index (χ3v) is 3.32. The molecule has 1 aliphatic heterocycles. The topological polar surface area (TPSA) is 69.6 Å². The molecule has 1 rings (SSSR count). The van der Waals surface area contributed by atoms with Gasteiger partial charge in [-0.2, -0.15) is 0 Å². The highest BCUT2D eigenvalue weighted by atomic mass is 32.2. The van der Waals surface area contributed by atoms with Gasteiger partial charge in [-0.1, -0.05) is 11.8 Å². The summed E-state index contributed by atoms with van der Waals surface area (Å²) in [6, 6.07) is -0.0128.